The second kappa shape index (κ2) is 10.2. The highest BCUT2D eigenvalue weighted by molar-refractivity contribution is 7.80. The van der Waals surface area contributed by atoms with Gasteiger partial charge in [0.15, 0.2) is 5.11 Å². The molecule has 0 saturated carbocycles. The normalized spacial score (nSPS) is 17.1. The van der Waals surface area contributed by atoms with Crippen molar-refractivity contribution in [2.75, 3.05) is 12.0 Å². The predicted molar refractivity (Wildman–Crippen MR) is 150 cm³/mol. The summed E-state index contributed by atoms with van der Waals surface area (Å²) in [6, 6.07) is 24.0. The molecule has 2 aromatic carbocycles. The van der Waals surface area contributed by atoms with E-state index in [0.717, 1.165) is 40.4 Å². The van der Waals surface area contributed by atoms with Crippen LogP contribution in [-0.4, -0.2) is 27.7 Å². The molecule has 1 fully saturated rings. The number of aromatic nitrogens is 2. The fourth-order valence-electron chi connectivity index (χ4n) is 5.22. The van der Waals surface area contributed by atoms with Crippen LogP contribution in [0.2, 0.25) is 0 Å². The van der Waals surface area contributed by atoms with E-state index in [9.17, 15) is 4.79 Å². The number of esters is 1. The number of carbonyl (C=O) groups excluding carboxylic acids is 1. The van der Waals surface area contributed by atoms with E-state index in [1.807, 2.05) is 42.6 Å². The number of anilines is 1. The van der Waals surface area contributed by atoms with Crippen LogP contribution in [0.3, 0.4) is 0 Å². The van der Waals surface area contributed by atoms with E-state index in [2.05, 4.69) is 70.9 Å². The second-order valence-corrected chi connectivity index (χ2v) is 9.61. The smallest absolute Gasteiger partial charge is 0.337 e. The molecular formula is C30H30N4O2S. The van der Waals surface area contributed by atoms with Crippen LogP contribution in [0.4, 0.5) is 5.69 Å². The Morgan fingerprint density at radius 2 is 1.81 bits per heavy atom. The number of carbonyl (C=O) groups is 1. The third-order valence-electron chi connectivity index (χ3n) is 7.04. The van der Waals surface area contributed by atoms with Crippen LogP contribution < -0.4 is 10.2 Å². The van der Waals surface area contributed by atoms with Gasteiger partial charge in [0.05, 0.1) is 30.5 Å². The Morgan fingerprint density at radius 3 is 2.49 bits per heavy atom. The molecule has 5 rings (SSSR count). The van der Waals surface area contributed by atoms with E-state index in [-0.39, 0.29) is 18.1 Å². The Kier molecular flexibility index (Phi) is 6.80. The summed E-state index contributed by atoms with van der Waals surface area (Å²) >= 11 is 5.90. The highest BCUT2D eigenvalue weighted by atomic mass is 32.1. The monoisotopic (exact) mass is 510 g/mol. The molecule has 0 radical (unpaired) electrons. The Bertz CT molecular complexity index is 1450. The summed E-state index contributed by atoms with van der Waals surface area (Å²) in [5.74, 6) is -0.355. The zero-order chi connectivity index (χ0) is 26.1. The molecule has 1 N–H and O–H groups in total. The van der Waals surface area contributed by atoms with Crippen molar-refractivity contribution in [3.05, 3.63) is 113 Å². The Balaban J connectivity index is 1.65. The summed E-state index contributed by atoms with van der Waals surface area (Å²) < 4.78 is 7.12. The van der Waals surface area contributed by atoms with Crippen LogP contribution in [0.5, 0.6) is 0 Å². The zero-order valence-electron chi connectivity index (χ0n) is 21.4. The average molecular weight is 511 g/mol. The number of thiocarbonyl (C=S) groups is 1. The number of nitrogens with zero attached hydrogens (tertiary/aromatic N) is 3. The summed E-state index contributed by atoms with van der Waals surface area (Å²) in [5.41, 5.74) is 7.95. The molecule has 3 heterocycles. The number of pyridine rings is 1. The van der Waals surface area contributed by atoms with Gasteiger partial charge in [-0.1, -0.05) is 31.2 Å². The lowest BCUT2D eigenvalue weighted by molar-refractivity contribution is 0.0600. The standard InChI is InChI=1S/C30H30N4O2S/c1-5-21-12-14-23(15-13-21)34-28(27(32-30(34)37)26-11-6-7-16-31-26)25-17-19(2)33(20(25)3)24-10-8-9-22(18-24)29(35)36-4/h6-18,27-28H,5H2,1-4H3,(H,32,37). The lowest BCUT2D eigenvalue weighted by atomic mass is 9.96. The molecule has 2 aromatic heterocycles. The van der Waals surface area contributed by atoms with E-state index < -0.39 is 0 Å². The molecule has 188 valence electrons. The summed E-state index contributed by atoms with van der Waals surface area (Å²) in [6.07, 6.45) is 2.80. The molecule has 4 aromatic rings. The third-order valence-corrected chi connectivity index (χ3v) is 7.35. The van der Waals surface area contributed by atoms with Gasteiger partial charge in [-0.05, 0) is 92.1 Å². The molecule has 37 heavy (non-hydrogen) atoms. The molecule has 2 atom stereocenters. The minimum absolute atomic E-state index is 0.112. The van der Waals surface area contributed by atoms with Crippen LogP contribution in [-0.2, 0) is 11.2 Å². The van der Waals surface area contributed by atoms with Gasteiger partial charge in [-0.25, -0.2) is 4.79 Å². The lowest BCUT2D eigenvalue weighted by Crippen LogP contribution is -2.29. The third kappa shape index (κ3) is 4.51. The van der Waals surface area contributed by atoms with Gasteiger partial charge in [-0.3, -0.25) is 4.98 Å². The van der Waals surface area contributed by atoms with Gasteiger partial charge in [0, 0.05) is 29.0 Å². The first kappa shape index (κ1) is 24.7. The van der Waals surface area contributed by atoms with Gasteiger partial charge in [0.2, 0.25) is 0 Å². The van der Waals surface area contributed by atoms with Gasteiger partial charge in [0.1, 0.15) is 0 Å². The van der Waals surface area contributed by atoms with E-state index in [0.29, 0.717) is 10.7 Å². The van der Waals surface area contributed by atoms with E-state index in [1.165, 1.54) is 12.7 Å². The first-order valence-corrected chi connectivity index (χ1v) is 12.8. The van der Waals surface area contributed by atoms with Gasteiger partial charge in [-0.2, -0.15) is 0 Å². The first-order valence-electron chi connectivity index (χ1n) is 12.4. The Morgan fingerprint density at radius 1 is 1.03 bits per heavy atom. The number of benzene rings is 2. The molecule has 0 aliphatic carbocycles. The van der Waals surface area contributed by atoms with Crippen molar-refractivity contribution in [1.82, 2.24) is 14.9 Å². The average Bonchev–Trinajstić information content (AvgIpc) is 3.43. The summed E-state index contributed by atoms with van der Waals surface area (Å²) in [5, 5.41) is 4.22. The zero-order valence-corrected chi connectivity index (χ0v) is 22.3. The van der Waals surface area contributed by atoms with Crippen molar-refractivity contribution in [1.29, 1.82) is 0 Å². The largest absolute Gasteiger partial charge is 0.465 e. The number of rotatable bonds is 6. The lowest BCUT2D eigenvalue weighted by Gasteiger charge is -2.28. The van der Waals surface area contributed by atoms with E-state index >= 15 is 0 Å². The molecule has 1 aliphatic heterocycles. The molecule has 0 amide bonds. The van der Waals surface area contributed by atoms with Crippen molar-refractivity contribution >= 4 is 29.0 Å². The van der Waals surface area contributed by atoms with Crippen molar-refractivity contribution in [3.63, 3.8) is 0 Å². The van der Waals surface area contributed by atoms with Crippen molar-refractivity contribution < 1.29 is 9.53 Å². The van der Waals surface area contributed by atoms with Gasteiger partial charge in [0.25, 0.3) is 0 Å². The SMILES string of the molecule is CCc1ccc(N2C(=S)NC(c3ccccn3)C2c2cc(C)n(-c3cccc(C(=O)OC)c3)c2C)cc1. The van der Waals surface area contributed by atoms with Crippen molar-refractivity contribution in [2.24, 2.45) is 0 Å². The van der Waals surface area contributed by atoms with Crippen LogP contribution in [0.1, 0.15) is 57.6 Å². The highest BCUT2D eigenvalue weighted by Gasteiger charge is 2.42. The van der Waals surface area contributed by atoms with Crippen LogP contribution in [0.15, 0.2) is 79.0 Å². The second-order valence-electron chi connectivity index (χ2n) is 9.22. The molecule has 0 bridgehead atoms. The van der Waals surface area contributed by atoms with E-state index in [4.69, 9.17) is 17.0 Å². The summed E-state index contributed by atoms with van der Waals surface area (Å²) in [7, 11) is 1.40. The Hall–Kier alpha value is -3.97. The fraction of sp³-hybridized carbons (Fsp3) is 0.233. The van der Waals surface area contributed by atoms with Crippen LogP contribution in [0.25, 0.3) is 5.69 Å². The Labute approximate surface area is 222 Å². The van der Waals surface area contributed by atoms with Crippen LogP contribution >= 0.6 is 12.2 Å². The molecule has 7 heteroatoms. The molecule has 1 aliphatic rings. The maximum absolute atomic E-state index is 12.2. The number of aryl methyl sites for hydroxylation is 2. The number of nitrogens with one attached hydrogen (secondary N) is 1. The fourth-order valence-corrected chi connectivity index (χ4v) is 5.56. The maximum Gasteiger partial charge on any atom is 0.337 e. The molecule has 2 unspecified atom stereocenters. The van der Waals surface area contributed by atoms with Crippen LogP contribution in [0, 0.1) is 13.8 Å². The summed E-state index contributed by atoms with van der Waals surface area (Å²) in [4.78, 5) is 19.1. The quantitative estimate of drug-likeness (QED) is 0.253. The number of hydrogen-bond donors (Lipinski definition) is 1. The minimum atomic E-state index is -0.355. The topological polar surface area (TPSA) is 59.4 Å². The molecule has 0 spiro atoms. The van der Waals surface area contributed by atoms with Gasteiger partial charge in [-0.15, -0.1) is 0 Å². The minimum Gasteiger partial charge on any atom is -0.465 e. The van der Waals surface area contributed by atoms with E-state index in [1.54, 1.807) is 6.07 Å². The first-order chi connectivity index (χ1) is 17.9. The van der Waals surface area contributed by atoms with Gasteiger partial charge < -0.3 is 19.5 Å². The molecule has 6 nitrogen and oxygen atoms in total. The van der Waals surface area contributed by atoms with Crippen molar-refractivity contribution in [2.45, 2.75) is 39.3 Å². The van der Waals surface area contributed by atoms with Crippen molar-refractivity contribution in [3.8, 4) is 5.69 Å². The number of methoxy groups -OCH3 is 1. The molecular weight excluding hydrogens is 480 g/mol. The molecule has 1 saturated heterocycles. The number of ether oxygens (including phenoxy) is 1. The summed E-state index contributed by atoms with van der Waals surface area (Å²) in [6.45, 7) is 6.35. The highest BCUT2D eigenvalue weighted by Crippen LogP contribution is 2.43. The number of hydrogen-bond acceptors (Lipinski definition) is 4. The predicted octanol–water partition coefficient (Wildman–Crippen LogP) is 6.02. The van der Waals surface area contributed by atoms with Gasteiger partial charge >= 0.3 is 5.97 Å². The maximum atomic E-state index is 12.2.